The van der Waals surface area contributed by atoms with Gasteiger partial charge in [-0.3, -0.25) is 9.59 Å². The van der Waals surface area contributed by atoms with Crippen molar-refractivity contribution < 1.29 is 14.3 Å². The summed E-state index contributed by atoms with van der Waals surface area (Å²) >= 11 is 5.86. The van der Waals surface area contributed by atoms with Crippen LogP contribution >= 0.6 is 11.6 Å². The van der Waals surface area contributed by atoms with Crippen molar-refractivity contribution in [2.75, 3.05) is 31.1 Å². The molecular formula is C24H28ClN3O3. The summed E-state index contributed by atoms with van der Waals surface area (Å²) < 4.78 is 5.52. The Morgan fingerprint density at radius 1 is 1.00 bits per heavy atom. The van der Waals surface area contributed by atoms with Crippen molar-refractivity contribution in [3.8, 4) is 5.75 Å². The molecule has 2 amide bonds. The molecule has 0 bridgehead atoms. The quantitative estimate of drug-likeness (QED) is 0.656. The van der Waals surface area contributed by atoms with Crippen LogP contribution in [0.2, 0.25) is 5.02 Å². The molecule has 164 valence electrons. The van der Waals surface area contributed by atoms with Gasteiger partial charge in [-0.25, -0.2) is 0 Å². The van der Waals surface area contributed by atoms with Crippen LogP contribution in [-0.2, 0) is 4.79 Å². The SMILES string of the molecule is O=C(COc1ccc(Cl)cc1)NC1CCN(c2ccccc2C(=O)NCC2CC2)CC1. The molecule has 0 unspecified atom stereocenters. The number of anilines is 1. The Morgan fingerprint density at radius 2 is 1.71 bits per heavy atom. The minimum atomic E-state index is -0.131. The summed E-state index contributed by atoms with van der Waals surface area (Å²) in [6, 6.07) is 14.8. The van der Waals surface area contributed by atoms with Gasteiger partial charge in [-0.1, -0.05) is 23.7 Å². The van der Waals surface area contributed by atoms with E-state index in [4.69, 9.17) is 16.3 Å². The Bertz CT molecular complexity index is 907. The van der Waals surface area contributed by atoms with Gasteiger partial charge >= 0.3 is 0 Å². The number of hydrogen-bond acceptors (Lipinski definition) is 4. The molecule has 31 heavy (non-hydrogen) atoms. The molecule has 1 saturated carbocycles. The first-order valence-corrected chi connectivity index (χ1v) is 11.3. The third kappa shape index (κ3) is 6.14. The number of carbonyl (C=O) groups excluding carboxylic acids is 2. The predicted octanol–water partition coefficient (Wildman–Crippen LogP) is 3.64. The third-order valence-electron chi connectivity index (χ3n) is 5.78. The van der Waals surface area contributed by atoms with Crippen molar-refractivity contribution >= 4 is 29.1 Å². The number of nitrogens with one attached hydrogen (secondary N) is 2. The molecule has 1 heterocycles. The van der Waals surface area contributed by atoms with E-state index >= 15 is 0 Å². The maximum Gasteiger partial charge on any atom is 0.258 e. The first-order chi connectivity index (χ1) is 15.1. The molecule has 1 saturated heterocycles. The van der Waals surface area contributed by atoms with E-state index in [0.717, 1.165) is 43.7 Å². The Labute approximate surface area is 187 Å². The molecule has 7 heteroatoms. The highest BCUT2D eigenvalue weighted by Gasteiger charge is 2.25. The molecule has 0 atom stereocenters. The van der Waals surface area contributed by atoms with Crippen LogP contribution in [0.5, 0.6) is 5.75 Å². The van der Waals surface area contributed by atoms with Crippen molar-refractivity contribution in [1.29, 1.82) is 0 Å². The average molecular weight is 442 g/mol. The summed E-state index contributed by atoms with van der Waals surface area (Å²) in [5, 5.41) is 6.75. The van der Waals surface area contributed by atoms with E-state index in [0.29, 0.717) is 16.7 Å². The van der Waals surface area contributed by atoms with Crippen LogP contribution in [0.25, 0.3) is 0 Å². The topological polar surface area (TPSA) is 70.7 Å². The maximum atomic E-state index is 12.6. The summed E-state index contributed by atoms with van der Waals surface area (Å²) in [6.07, 6.45) is 4.08. The van der Waals surface area contributed by atoms with Crippen molar-refractivity contribution in [2.45, 2.75) is 31.7 Å². The second kappa shape index (κ2) is 10.1. The van der Waals surface area contributed by atoms with Gasteiger partial charge in [0.1, 0.15) is 5.75 Å². The zero-order valence-electron chi connectivity index (χ0n) is 17.5. The summed E-state index contributed by atoms with van der Waals surface area (Å²) in [5.74, 6) is 1.13. The zero-order chi connectivity index (χ0) is 21.6. The number of nitrogens with zero attached hydrogens (tertiary/aromatic N) is 1. The standard InChI is InChI=1S/C24H28ClN3O3/c25-18-7-9-20(10-8-18)31-16-23(29)27-19-11-13-28(14-12-19)22-4-2-1-3-21(22)24(30)26-15-17-5-6-17/h1-4,7-10,17,19H,5-6,11-16H2,(H,26,30)(H,27,29). The Morgan fingerprint density at radius 3 is 2.42 bits per heavy atom. The molecule has 2 fully saturated rings. The van der Waals surface area contributed by atoms with Crippen molar-refractivity contribution in [1.82, 2.24) is 10.6 Å². The smallest absolute Gasteiger partial charge is 0.258 e. The van der Waals surface area contributed by atoms with E-state index in [-0.39, 0.29) is 24.5 Å². The molecule has 6 nitrogen and oxygen atoms in total. The highest BCUT2D eigenvalue weighted by molar-refractivity contribution is 6.30. The first kappa shape index (κ1) is 21.5. The fraction of sp³-hybridized carbons (Fsp3) is 0.417. The summed E-state index contributed by atoms with van der Waals surface area (Å²) in [6.45, 7) is 2.32. The van der Waals surface area contributed by atoms with E-state index in [2.05, 4.69) is 15.5 Å². The first-order valence-electron chi connectivity index (χ1n) is 10.9. The van der Waals surface area contributed by atoms with Crippen molar-refractivity contribution in [3.63, 3.8) is 0 Å². The molecule has 2 N–H and O–H groups in total. The number of rotatable bonds is 8. The highest BCUT2D eigenvalue weighted by atomic mass is 35.5. The summed E-state index contributed by atoms with van der Waals surface area (Å²) in [5.41, 5.74) is 1.69. The number of hydrogen-bond donors (Lipinski definition) is 2. The van der Waals surface area contributed by atoms with Crippen LogP contribution in [0.3, 0.4) is 0 Å². The van der Waals surface area contributed by atoms with Gasteiger partial charge in [-0.2, -0.15) is 0 Å². The summed E-state index contributed by atoms with van der Waals surface area (Å²) in [7, 11) is 0. The lowest BCUT2D eigenvalue weighted by Gasteiger charge is -2.34. The van der Waals surface area contributed by atoms with Crippen LogP contribution < -0.4 is 20.3 Å². The van der Waals surface area contributed by atoms with Crippen molar-refractivity contribution in [2.24, 2.45) is 5.92 Å². The second-order valence-electron chi connectivity index (χ2n) is 8.24. The molecule has 0 aromatic heterocycles. The van der Waals surface area contributed by atoms with Crippen LogP contribution in [0.4, 0.5) is 5.69 Å². The number of piperidine rings is 1. The third-order valence-corrected chi connectivity index (χ3v) is 6.03. The van der Waals surface area contributed by atoms with E-state index in [1.165, 1.54) is 12.8 Å². The lowest BCUT2D eigenvalue weighted by molar-refractivity contribution is -0.123. The van der Waals surface area contributed by atoms with E-state index in [1.807, 2.05) is 24.3 Å². The fourth-order valence-electron chi connectivity index (χ4n) is 3.81. The van der Waals surface area contributed by atoms with Gasteiger partial charge in [0.15, 0.2) is 6.61 Å². The number of ether oxygens (including phenoxy) is 1. The number of halogens is 1. The molecule has 0 radical (unpaired) electrons. The monoisotopic (exact) mass is 441 g/mol. The van der Waals surface area contributed by atoms with Crippen LogP contribution in [0, 0.1) is 5.92 Å². The second-order valence-corrected chi connectivity index (χ2v) is 8.68. The number of carbonyl (C=O) groups is 2. The molecule has 2 aromatic carbocycles. The van der Waals surface area contributed by atoms with Crippen LogP contribution in [0.15, 0.2) is 48.5 Å². The molecule has 2 aromatic rings. The molecule has 0 spiro atoms. The van der Waals surface area contributed by atoms with E-state index in [1.54, 1.807) is 24.3 Å². The minimum absolute atomic E-state index is 0.00252. The normalized spacial score (nSPS) is 16.6. The number of para-hydroxylation sites is 1. The molecule has 1 aliphatic carbocycles. The largest absolute Gasteiger partial charge is 0.484 e. The lowest BCUT2D eigenvalue weighted by Crippen LogP contribution is -2.46. The van der Waals surface area contributed by atoms with Crippen molar-refractivity contribution in [3.05, 3.63) is 59.1 Å². The molecule has 4 rings (SSSR count). The van der Waals surface area contributed by atoms with Gasteiger partial charge in [0, 0.05) is 36.4 Å². The molecule has 2 aliphatic rings. The highest BCUT2D eigenvalue weighted by Crippen LogP contribution is 2.28. The maximum absolute atomic E-state index is 12.6. The Kier molecular flexibility index (Phi) is 6.97. The minimum Gasteiger partial charge on any atom is -0.484 e. The number of amides is 2. The lowest BCUT2D eigenvalue weighted by atomic mass is 10.0. The molecule has 1 aliphatic heterocycles. The van der Waals surface area contributed by atoms with Gasteiger partial charge in [-0.15, -0.1) is 0 Å². The average Bonchev–Trinajstić information content (AvgIpc) is 3.62. The van der Waals surface area contributed by atoms with E-state index < -0.39 is 0 Å². The number of benzene rings is 2. The van der Waals surface area contributed by atoms with Gasteiger partial charge in [-0.05, 0) is 68.0 Å². The van der Waals surface area contributed by atoms with Gasteiger partial charge in [0.2, 0.25) is 0 Å². The zero-order valence-corrected chi connectivity index (χ0v) is 18.2. The van der Waals surface area contributed by atoms with Crippen LogP contribution in [-0.4, -0.2) is 44.1 Å². The van der Waals surface area contributed by atoms with Gasteiger partial charge in [0.05, 0.1) is 5.56 Å². The fourth-order valence-corrected chi connectivity index (χ4v) is 3.94. The van der Waals surface area contributed by atoms with Crippen LogP contribution in [0.1, 0.15) is 36.0 Å². The van der Waals surface area contributed by atoms with E-state index in [9.17, 15) is 9.59 Å². The predicted molar refractivity (Wildman–Crippen MR) is 122 cm³/mol. The Hall–Kier alpha value is -2.73. The van der Waals surface area contributed by atoms with Gasteiger partial charge in [0.25, 0.3) is 11.8 Å². The summed E-state index contributed by atoms with van der Waals surface area (Å²) in [4.78, 5) is 27.1. The molecular weight excluding hydrogens is 414 g/mol. The Balaban J connectivity index is 1.25. The van der Waals surface area contributed by atoms with Gasteiger partial charge < -0.3 is 20.3 Å².